The van der Waals surface area contributed by atoms with Crippen molar-refractivity contribution in [3.8, 4) is 17.2 Å². The van der Waals surface area contributed by atoms with Crippen LogP contribution >= 0.6 is 0 Å². The molecule has 0 spiro atoms. The van der Waals surface area contributed by atoms with Crippen LogP contribution in [0.15, 0.2) is 69.9 Å². The van der Waals surface area contributed by atoms with E-state index in [2.05, 4.69) is 0 Å². The average molecular weight is 485 g/mol. The van der Waals surface area contributed by atoms with Crippen LogP contribution in [-0.4, -0.2) is 23.5 Å². The molecule has 1 aliphatic rings. The summed E-state index contributed by atoms with van der Waals surface area (Å²) in [6.45, 7) is 3.35. The number of ether oxygens (including phenoxy) is 2. The molecule has 0 unspecified atom stereocenters. The molecule has 1 aromatic heterocycles. The number of aryl methyl sites for hydroxylation is 1. The van der Waals surface area contributed by atoms with E-state index in [1.807, 2.05) is 54.6 Å². The quantitative estimate of drug-likeness (QED) is 0.176. The molecular formula is C29H24O7. The Bertz CT molecular complexity index is 1550. The van der Waals surface area contributed by atoms with Crippen LogP contribution in [0.25, 0.3) is 11.0 Å². The molecule has 0 bridgehead atoms. The van der Waals surface area contributed by atoms with E-state index < -0.39 is 23.3 Å². The smallest absolute Gasteiger partial charge is 0.336 e. The van der Waals surface area contributed by atoms with Crippen molar-refractivity contribution >= 4 is 22.7 Å². The summed E-state index contributed by atoms with van der Waals surface area (Å²) in [6, 6.07) is 18.5. The van der Waals surface area contributed by atoms with Gasteiger partial charge in [0.15, 0.2) is 11.5 Å². The second-order valence-electron chi connectivity index (χ2n) is 8.83. The molecule has 4 aromatic rings. The molecular weight excluding hydrogens is 460 g/mol. The highest BCUT2D eigenvalue weighted by atomic mass is 16.5. The minimum atomic E-state index is -0.625. The van der Waals surface area contributed by atoms with Gasteiger partial charge in [-0.05, 0) is 31.0 Å². The van der Waals surface area contributed by atoms with Gasteiger partial charge in [0.05, 0.1) is 18.4 Å². The number of para-hydroxylation sites is 1. The fraction of sp³-hybridized carbons (Fsp3) is 0.207. The lowest BCUT2D eigenvalue weighted by molar-refractivity contribution is -0.135. The van der Waals surface area contributed by atoms with Crippen molar-refractivity contribution in [2.45, 2.75) is 32.6 Å². The maximum absolute atomic E-state index is 12.7. The lowest BCUT2D eigenvalue weighted by atomic mass is 9.82. The summed E-state index contributed by atoms with van der Waals surface area (Å²) in [6.07, 6.45) is 0.638. The summed E-state index contributed by atoms with van der Waals surface area (Å²) < 4.78 is 17.2. The van der Waals surface area contributed by atoms with E-state index >= 15 is 0 Å². The summed E-state index contributed by atoms with van der Waals surface area (Å²) in [4.78, 5) is 37.6. The molecule has 0 aliphatic carbocycles. The van der Waals surface area contributed by atoms with Gasteiger partial charge >= 0.3 is 11.6 Å². The molecule has 7 heteroatoms. The van der Waals surface area contributed by atoms with E-state index in [-0.39, 0.29) is 34.5 Å². The third-order valence-electron chi connectivity index (χ3n) is 6.42. The van der Waals surface area contributed by atoms with Crippen molar-refractivity contribution in [1.82, 2.24) is 0 Å². The molecule has 0 saturated carbocycles. The SMILES string of the molecule is CC(=O)c1c2c(c3oc(=O)cc(C)c3c1O)[C@@H](c1ccccc1OCCc1ccccc1)CC(=O)O2. The molecule has 3 aromatic carbocycles. The molecule has 5 rings (SSSR count). The average Bonchev–Trinajstić information content (AvgIpc) is 2.84. The van der Waals surface area contributed by atoms with Crippen LogP contribution in [0.3, 0.4) is 0 Å². The number of fused-ring (bicyclic) bond motifs is 3. The van der Waals surface area contributed by atoms with Crippen molar-refractivity contribution in [1.29, 1.82) is 0 Å². The van der Waals surface area contributed by atoms with Gasteiger partial charge in [-0.3, -0.25) is 9.59 Å². The number of benzene rings is 3. The molecule has 0 amide bonds. The highest BCUT2D eigenvalue weighted by molar-refractivity contribution is 6.09. The van der Waals surface area contributed by atoms with Crippen LogP contribution in [0.1, 0.15) is 51.9 Å². The van der Waals surface area contributed by atoms with Crippen molar-refractivity contribution in [3.63, 3.8) is 0 Å². The van der Waals surface area contributed by atoms with E-state index in [1.165, 1.54) is 13.0 Å². The summed E-state index contributed by atoms with van der Waals surface area (Å²) in [5.74, 6) is -1.56. The zero-order chi connectivity index (χ0) is 25.4. The topological polar surface area (TPSA) is 103 Å². The minimum absolute atomic E-state index is 0.0546. The van der Waals surface area contributed by atoms with Gasteiger partial charge in [-0.15, -0.1) is 0 Å². The Hall–Kier alpha value is -4.39. The highest BCUT2D eigenvalue weighted by Crippen LogP contribution is 2.50. The number of carbonyl (C=O) groups excluding carboxylic acids is 2. The fourth-order valence-electron chi connectivity index (χ4n) is 4.83. The normalized spacial score (nSPS) is 14.8. The predicted molar refractivity (Wildman–Crippen MR) is 133 cm³/mol. The second-order valence-corrected chi connectivity index (χ2v) is 8.83. The van der Waals surface area contributed by atoms with Crippen LogP contribution in [0.5, 0.6) is 17.2 Å². The molecule has 2 heterocycles. The van der Waals surface area contributed by atoms with E-state index in [4.69, 9.17) is 13.9 Å². The molecule has 0 fully saturated rings. The molecule has 1 aliphatic heterocycles. The van der Waals surface area contributed by atoms with Gasteiger partial charge in [0.1, 0.15) is 22.6 Å². The lowest BCUT2D eigenvalue weighted by Gasteiger charge is -2.28. The van der Waals surface area contributed by atoms with E-state index in [9.17, 15) is 19.5 Å². The van der Waals surface area contributed by atoms with Gasteiger partial charge in [0.2, 0.25) is 0 Å². The Morgan fingerprint density at radius 2 is 1.81 bits per heavy atom. The van der Waals surface area contributed by atoms with Gasteiger partial charge in [-0.2, -0.15) is 0 Å². The number of aromatic hydroxyl groups is 1. The number of esters is 1. The van der Waals surface area contributed by atoms with Crippen LogP contribution in [0, 0.1) is 6.92 Å². The Kier molecular flexibility index (Phi) is 6.06. The Balaban J connectivity index is 1.67. The van der Waals surface area contributed by atoms with Gasteiger partial charge in [-0.25, -0.2) is 4.79 Å². The first-order chi connectivity index (χ1) is 17.3. The predicted octanol–water partition coefficient (Wildman–Crippen LogP) is 5.07. The first-order valence-electron chi connectivity index (χ1n) is 11.7. The maximum Gasteiger partial charge on any atom is 0.336 e. The van der Waals surface area contributed by atoms with Crippen molar-refractivity contribution in [3.05, 3.63) is 98.9 Å². The van der Waals surface area contributed by atoms with E-state index in [0.29, 0.717) is 35.5 Å². The Morgan fingerprint density at radius 3 is 2.56 bits per heavy atom. The first kappa shape index (κ1) is 23.4. The molecule has 7 nitrogen and oxygen atoms in total. The molecule has 0 radical (unpaired) electrons. The zero-order valence-corrected chi connectivity index (χ0v) is 19.9. The van der Waals surface area contributed by atoms with E-state index in [0.717, 1.165) is 5.56 Å². The van der Waals surface area contributed by atoms with Crippen molar-refractivity contribution < 1.29 is 28.6 Å². The summed E-state index contributed by atoms with van der Waals surface area (Å²) >= 11 is 0. The summed E-state index contributed by atoms with van der Waals surface area (Å²) in [5, 5.41) is 11.2. The zero-order valence-electron chi connectivity index (χ0n) is 19.9. The number of Topliss-reactive ketones (excluding diaryl/α,β-unsaturated/α-hetero) is 1. The maximum atomic E-state index is 12.7. The number of hydrogen-bond acceptors (Lipinski definition) is 7. The van der Waals surface area contributed by atoms with Crippen LogP contribution in [-0.2, 0) is 11.2 Å². The van der Waals surface area contributed by atoms with Gasteiger partial charge in [0.25, 0.3) is 0 Å². The Morgan fingerprint density at radius 1 is 1.08 bits per heavy atom. The molecule has 36 heavy (non-hydrogen) atoms. The highest BCUT2D eigenvalue weighted by Gasteiger charge is 2.38. The van der Waals surface area contributed by atoms with Gasteiger partial charge < -0.3 is 19.0 Å². The third-order valence-corrected chi connectivity index (χ3v) is 6.42. The molecule has 0 saturated heterocycles. The fourth-order valence-corrected chi connectivity index (χ4v) is 4.83. The Labute approximate surface area is 206 Å². The van der Waals surface area contributed by atoms with E-state index in [1.54, 1.807) is 6.92 Å². The number of phenolic OH excluding ortho intramolecular Hbond substituents is 1. The number of hydrogen-bond donors (Lipinski definition) is 1. The molecule has 182 valence electrons. The lowest BCUT2D eigenvalue weighted by Crippen LogP contribution is -2.24. The van der Waals surface area contributed by atoms with Crippen molar-refractivity contribution in [2.24, 2.45) is 0 Å². The van der Waals surface area contributed by atoms with Crippen LogP contribution in [0.2, 0.25) is 0 Å². The van der Waals surface area contributed by atoms with Gasteiger partial charge in [-0.1, -0.05) is 48.5 Å². The van der Waals surface area contributed by atoms with Crippen LogP contribution < -0.4 is 15.1 Å². The largest absolute Gasteiger partial charge is 0.506 e. The number of ketones is 1. The first-order valence-corrected chi connectivity index (χ1v) is 11.7. The second kappa shape index (κ2) is 9.34. The van der Waals surface area contributed by atoms with Gasteiger partial charge in [0, 0.05) is 29.5 Å². The van der Waals surface area contributed by atoms with Crippen LogP contribution in [0.4, 0.5) is 0 Å². The number of phenols is 1. The molecule has 1 N–H and O–H groups in total. The van der Waals surface area contributed by atoms with Crippen molar-refractivity contribution in [2.75, 3.05) is 6.61 Å². The summed E-state index contributed by atoms with van der Waals surface area (Å²) in [7, 11) is 0. The monoisotopic (exact) mass is 484 g/mol. The number of carbonyl (C=O) groups is 2. The third kappa shape index (κ3) is 4.13. The summed E-state index contributed by atoms with van der Waals surface area (Å²) in [5.41, 5.74) is 2.00. The minimum Gasteiger partial charge on any atom is -0.506 e. The molecule has 1 atom stereocenters. The number of rotatable bonds is 6. The standard InChI is InChI=1S/C29H24O7/c1-16-14-22(31)35-28-24(16)27(33)25(17(2)30)29-26(28)20(15-23(32)36-29)19-10-6-7-11-21(19)34-13-12-18-8-4-3-5-9-18/h3-11,14,20,33H,12-13,15H2,1-2H3/t20-/m1/s1.